The van der Waals surface area contributed by atoms with Crippen LogP contribution in [0.1, 0.15) is 34.1 Å². The quantitative estimate of drug-likeness (QED) is 0.627. The number of carbonyl (C=O) groups is 2. The van der Waals surface area contributed by atoms with Crippen LogP contribution in [0.5, 0.6) is 0 Å². The molecule has 0 aliphatic rings. The van der Waals surface area contributed by atoms with Gasteiger partial charge in [0.25, 0.3) is 0 Å². The van der Waals surface area contributed by atoms with Gasteiger partial charge in [0.15, 0.2) is 0 Å². The van der Waals surface area contributed by atoms with E-state index in [4.69, 9.17) is 0 Å². The molecule has 0 aromatic heterocycles. The van der Waals surface area contributed by atoms with E-state index in [9.17, 15) is 9.59 Å². The number of amides is 2. The molecule has 0 aromatic rings. The zero-order chi connectivity index (χ0) is 13.5. The minimum atomic E-state index is -0.222. The largest absolute Gasteiger partial charge is 0.355 e. The van der Waals surface area contributed by atoms with E-state index in [1.165, 1.54) is 0 Å². The zero-order valence-corrected chi connectivity index (χ0v) is 11.5. The maximum absolute atomic E-state index is 11.5. The molecule has 1 unspecified atom stereocenters. The highest BCUT2D eigenvalue weighted by Crippen LogP contribution is 1.99. The minimum absolute atomic E-state index is 0.0251. The van der Waals surface area contributed by atoms with Crippen LogP contribution in [0, 0.1) is 5.92 Å². The van der Waals surface area contributed by atoms with Gasteiger partial charge >= 0.3 is 0 Å². The number of hydrogen-bond donors (Lipinski definition) is 3. The lowest BCUT2D eigenvalue weighted by Gasteiger charge is -2.20. The van der Waals surface area contributed by atoms with Gasteiger partial charge in [0.2, 0.25) is 11.8 Å². The number of hydrogen-bond acceptors (Lipinski definition) is 3. The first-order chi connectivity index (χ1) is 7.76. The molecule has 0 aromatic carbocycles. The first-order valence-corrected chi connectivity index (χ1v) is 5.99. The zero-order valence-electron chi connectivity index (χ0n) is 11.5. The van der Waals surface area contributed by atoms with Gasteiger partial charge in [0, 0.05) is 31.0 Å². The molecule has 0 rings (SSSR count). The molecule has 0 aliphatic carbocycles. The van der Waals surface area contributed by atoms with Crippen LogP contribution in [0.25, 0.3) is 0 Å². The molecule has 17 heavy (non-hydrogen) atoms. The van der Waals surface area contributed by atoms with Crippen LogP contribution >= 0.6 is 0 Å². The molecule has 5 nitrogen and oxygen atoms in total. The molecular weight excluding hydrogens is 218 g/mol. The minimum Gasteiger partial charge on any atom is -0.355 e. The maximum atomic E-state index is 11.5. The van der Waals surface area contributed by atoms with Gasteiger partial charge in [0.1, 0.15) is 0 Å². The van der Waals surface area contributed by atoms with Crippen molar-refractivity contribution in [1.29, 1.82) is 0 Å². The number of rotatable bonds is 6. The summed E-state index contributed by atoms with van der Waals surface area (Å²) in [7, 11) is 1.81. The van der Waals surface area contributed by atoms with Crippen molar-refractivity contribution in [3.05, 3.63) is 0 Å². The van der Waals surface area contributed by atoms with E-state index in [1.807, 2.05) is 27.7 Å². The molecule has 0 spiro atoms. The summed E-state index contributed by atoms with van der Waals surface area (Å²) >= 11 is 0. The molecule has 0 saturated carbocycles. The van der Waals surface area contributed by atoms with E-state index < -0.39 is 0 Å². The molecule has 0 bridgehead atoms. The van der Waals surface area contributed by atoms with Crippen molar-refractivity contribution in [1.82, 2.24) is 16.0 Å². The van der Waals surface area contributed by atoms with Crippen LogP contribution in [0.3, 0.4) is 0 Å². The second-order valence-corrected chi connectivity index (χ2v) is 5.30. The second kappa shape index (κ2) is 7.27. The highest BCUT2D eigenvalue weighted by molar-refractivity contribution is 5.80. The fourth-order valence-electron chi connectivity index (χ4n) is 1.35. The van der Waals surface area contributed by atoms with Crippen LogP contribution in [0.2, 0.25) is 0 Å². The lowest BCUT2D eigenvalue weighted by atomic mass is 10.1. The topological polar surface area (TPSA) is 70.2 Å². The Morgan fingerprint density at radius 3 is 2.29 bits per heavy atom. The third-order valence-electron chi connectivity index (χ3n) is 2.12. The second-order valence-electron chi connectivity index (χ2n) is 5.30. The summed E-state index contributed by atoms with van der Waals surface area (Å²) in [5.41, 5.74) is -0.222. The van der Waals surface area contributed by atoms with Gasteiger partial charge in [-0.15, -0.1) is 0 Å². The average molecular weight is 243 g/mol. The first-order valence-electron chi connectivity index (χ1n) is 5.99. The summed E-state index contributed by atoms with van der Waals surface area (Å²) < 4.78 is 0. The molecule has 100 valence electrons. The van der Waals surface area contributed by atoms with Crippen molar-refractivity contribution in [2.75, 3.05) is 20.1 Å². The Morgan fingerprint density at radius 1 is 1.24 bits per heavy atom. The molecule has 5 heteroatoms. The van der Waals surface area contributed by atoms with Crippen molar-refractivity contribution >= 4 is 11.8 Å². The van der Waals surface area contributed by atoms with E-state index >= 15 is 0 Å². The van der Waals surface area contributed by atoms with Crippen molar-refractivity contribution < 1.29 is 9.59 Å². The van der Waals surface area contributed by atoms with E-state index in [2.05, 4.69) is 16.0 Å². The predicted molar refractivity (Wildman–Crippen MR) is 68.6 cm³/mol. The molecule has 0 aliphatic heterocycles. The van der Waals surface area contributed by atoms with Gasteiger partial charge in [-0.2, -0.15) is 0 Å². The Kier molecular flexibility index (Phi) is 6.80. The molecule has 1 atom stereocenters. The van der Waals surface area contributed by atoms with E-state index in [-0.39, 0.29) is 23.3 Å². The van der Waals surface area contributed by atoms with Crippen molar-refractivity contribution in [2.45, 2.75) is 39.7 Å². The van der Waals surface area contributed by atoms with Crippen LogP contribution < -0.4 is 16.0 Å². The third-order valence-corrected chi connectivity index (χ3v) is 2.12. The van der Waals surface area contributed by atoms with Crippen LogP contribution in [-0.4, -0.2) is 37.5 Å². The standard InChI is InChI=1S/C12H25N3O2/c1-9(8-13-5)11(17)14-7-6-10(16)15-12(2,3)4/h9,13H,6-8H2,1-5H3,(H,14,17)(H,15,16). The molecule has 0 saturated heterocycles. The average Bonchev–Trinajstić information content (AvgIpc) is 2.14. The first kappa shape index (κ1) is 15.9. The van der Waals surface area contributed by atoms with Gasteiger partial charge < -0.3 is 16.0 Å². The Hall–Kier alpha value is -1.10. The van der Waals surface area contributed by atoms with E-state index in [1.54, 1.807) is 7.05 Å². The van der Waals surface area contributed by atoms with Gasteiger partial charge in [-0.3, -0.25) is 9.59 Å². The van der Waals surface area contributed by atoms with Crippen molar-refractivity contribution in [3.8, 4) is 0 Å². The van der Waals surface area contributed by atoms with Crippen molar-refractivity contribution in [2.24, 2.45) is 5.92 Å². The highest BCUT2D eigenvalue weighted by Gasteiger charge is 2.14. The molecule has 3 N–H and O–H groups in total. The smallest absolute Gasteiger partial charge is 0.224 e. The normalized spacial score (nSPS) is 13.0. The highest BCUT2D eigenvalue weighted by atomic mass is 16.2. The van der Waals surface area contributed by atoms with Crippen molar-refractivity contribution in [3.63, 3.8) is 0 Å². The van der Waals surface area contributed by atoms with Gasteiger partial charge in [-0.25, -0.2) is 0 Å². The third kappa shape index (κ3) is 8.68. The summed E-state index contributed by atoms with van der Waals surface area (Å²) in [6.45, 7) is 8.66. The lowest BCUT2D eigenvalue weighted by molar-refractivity contribution is -0.125. The fraction of sp³-hybridized carbons (Fsp3) is 0.833. The molecule has 0 fully saturated rings. The predicted octanol–water partition coefficient (Wildman–Crippen LogP) is 0.263. The Bertz CT molecular complexity index is 259. The monoisotopic (exact) mass is 243 g/mol. The summed E-state index contributed by atoms with van der Waals surface area (Å²) in [5, 5.41) is 8.53. The fourth-order valence-corrected chi connectivity index (χ4v) is 1.35. The maximum Gasteiger partial charge on any atom is 0.224 e. The molecular formula is C12H25N3O2. The summed E-state index contributed by atoms with van der Waals surface area (Å²) in [6.07, 6.45) is 0.315. The molecule has 2 amide bonds. The lowest BCUT2D eigenvalue weighted by Crippen LogP contribution is -2.42. The van der Waals surface area contributed by atoms with E-state index in [0.717, 1.165) is 0 Å². The molecule has 0 radical (unpaired) electrons. The Balaban J connectivity index is 3.77. The SMILES string of the molecule is CNCC(C)C(=O)NCCC(=O)NC(C)(C)C. The summed E-state index contributed by atoms with van der Waals surface area (Å²) in [5.74, 6) is -0.146. The van der Waals surface area contributed by atoms with Crippen LogP contribution in [0.15, 0.2) is 0 Å². The van der Waals surface area contributed by atoms with Gasteiger partial charge in [0.05, 0.1) is 0 Å². The van der Waals surface area contributed by atoms with Gasteiger partial charge in [-0.1, -0.05) is 6.92 Å². The Labute approximate surface area is 104 Å². The summed E-state index contributed by atoms with van der Waals surface area (Å²) in [4.78, 5) is 23.0. The number of carbonyl (C=O) groups excluding carboxylic acids is 2. The Morgan fingerprint density at radius 2 is 1.82 bits per heavy atom. The summed E-state index contributed by atoms with van der Waals surface area (Å²) in [6, 6.07) is 0. The van der Waals surface area contributed by atoms with Crippen LogP contribution in [-0.2, 0) is 9.59 Å². The van der Waals surface area contributed by atoms with Gasteiger partial charge in [-0.05, 0) is 27.8 Å². The van der Waals surface area contributed by atoms with E-state index in [0.29, 0.717) is 19.5 Å². The van der Waals surface area contributed by atoms with Crippen LogP contribution in [0.4, 0.5) is 0 Å². The number of nitrogens with one attached hydrogen (secondary N) is 3. The molecule has 0 heterocycles.